The van der Waals surface area contributed by atoms with Crippen molar-refractivity contribution in [3.8, 4) is 32.8 Å². The predicted molar refractivity (Wildman–Crippen MR) is 226 cm³/mol. The molecule has 5 aromatic rings. The van der Waals surface area contributed by atoms with Crippen molar-refractivity contribution < 1.29 is 44.5 Å². The first-order valence-corrected chi connectivity index (χ1v) is 20.3. The van der Waals surface area contributed by atoms with Gasteiger partial charge in [-0.3, -0.25) is 4.79 Å². The molecule has 0 saturated carbocycles. The number of thiophene rings is 1. The number of fused-ring (bicyclic) bond motifs is 1. The second kappa shape index (κ2) is 20.2. The summed E-state index contributed by atoms with van der Waals surface area (Å²) in [5.74, 6) is 0.788. The number of aliphatic hydroxyl groups excluding tert-OH is 1. The first kappa shape index (κ1) is 45.1. The van der Waals surface area contributed by atoms with Crippen LogP contribution in [0.5, 0.6) is 0 Å². The molecule has 1 N–H and O–H groups in total. The largest absolute Gasteiger partial charge is 0.512 e. The molecule has 8 heteroatoms. The first-order chi connectivity index (χ1) is 26.3. The van der Waals surface area contributed by atoms with Gasteiger partial charge in [-0.2, -0.15) is 13.2 Å². The first-order valence-electron chi connectivity index (χ1n) is 20.0. The fourth-order valence-corrected chi connectivity index (χ4v) is 8.45. The summed E-state index contributed by atoms with van der Waals surface area (Å²) in [7, 11) is 0. The van der Waals surface area contributed by atoms with Gasteiger partial charge < -0.3 is 10.1 Å². The van der Waals surface area contributed by atoms with E-state index in [0.29, 0.717) is 5.56 Å². The van der Waals surface area contributed by atoms with Gasteiger partial charge >= 0.3 is 6.18 Å². The molecule has 0 saturated heterocycles. The van der Waals surface area contributed by atoms with Crippen LogP contribution in [-0.4, -0.2) is 22.1 Å². The second-order valence-corrected chi connectivity index (χ2v) is 16.6. The third kappa shape index (κ3) is 11.3. The van der Waals surface area contributed by atoms with Gasteiger partial charge in [0, 0.05) is 59.5 Å². The van der Waals surface area contributed by atoms with Crippen molar-refractivity contribution in [2.75, 3.05) is 0 Å². The van der Waals surface area contributed by atoms with Gasteiger partial charge in [0.25, 0.3) is 0 Å². The van der Waals surface area contributed by atoms with Crippen molar-refractivity contribution in [1.29, 1.82) is 0 Å². The van der Waals surface area contributed by atoms with Gasteiger partial charge in [-0.1, -0.05) is 118 Å². The fraction of sp³-hybridized carbons (Fsp3) is 0.417. The number of aromatic nitrogens is 1. The van der Waals surface area contributed by atoms with Crippen LogP contribution in [0.25, 0.3) is 42.9 Å². The van der Waals surface area contributed by atoms with Gasteiger partial charge in [0.15, 0.2) is 5.78 Å². The van der Waals surface area contributed by atoms with Gasteiger partial charge in [-0.15, -0.1) is 46.2 Å². The Morgan fingerprint density at radius 1 is 0.875 bits per heavy atom. The summed E-state index contributed by atoms with van der Waals surface area (Å²) < 4.78 is 49.5. The van der Waals surface area contributed by atoms with Gasteiger partial charge in [0.2, 0.25) is 0 Å². The maximum atomic E-state index is 13.3. The molecule has 0 aliphatic heterocycles. The van der Waals surface area contributed by atoms with Crippen LogP contribution in [0.4, 0.5) is 13.2 Å². The number of nitrogens with zero attached hydrogens (tertiary/aromatic N) is 1. The van der Waals surface area contributed by atoms with E-state index in [4.69, 9.17) is 1.37 Å². The Kier molecular flexibility index (Phi) is 16.3. The smallest absolute Gasteiger partial charge is 0.394 e. The molecule has 56 heavy (non-hydrogen) atoms. The molecule has 0 fully saturated rings. The number of carbonyl (C=O) groups excluding carboxylic acids is 1. The third-order valence-electron chi connectivity index (χ3n) is 10.5. The molecule has 2 heterocycles. The summed E-state index contributed by atoms with van der Waals surface area (Å²) in [5.41, 5.74) is 7.02. The zero-order valence-corrected chi connectivity index (χ0v) is 37.6. The number of rotatable bonds is 13. The summed E-state index contributed by atoms with van der Waals surface area (Å²) in [6.45, 7) is 19.0. The molecule has 2 aromatic heterocycles. The summed E-state index contributed by atoms with van der Waals surface area (Å²) >= 11 is 1.70. The molecule has 0 spiro atoms. The molecule has 0 unspecified atom stereocenters. The van der Waals surface area contributed by atoms with Crippen molar-refractivity contribution in [1.82, 2.24) is 4.98 Å². The number of halogens is 3. The summed E-state index contributed by atoms with van der Waals surface area (Å²) in [4.78, 5) is 17.5. The van der Waals surface area contributed by atoms with E-state index in [1.807, 2.05) is 52.8 Å². The number of allylic oxidation sites excluding steroid dienone is 2. The average Bonchev–Trinajstić information content (AvgIpc) is 3.51. The van der Waals surface area contributed by atoms with Crippen LogP contribution in [0, 0.1) is 37.2 Å². The third-order valence-corrected chi connectivity index (χ3v) is 11.8. The number of alkyl halides is 3. The monoisotopic (exact) mass is 962 g/mol. The van der Waals surface area contributed by atoms with Gasteiger partial charge in [0.1, 0.15) is 0 Å². The number of hydrogen-bond acceptors (Lipinski definition) is 4. The number of benzene rings is 3. The van der Waals surface area contributed by atoms with Crippen LogP contribution in [0.3, 0.4) is 0 Å². The number of aryl methyl sites for hydroxylation is 2. The molecule has 0 amide bonds. The van der Waals surface area contributed by atoms with Crippen LogP contribution in [0.1, 0.15) is 111 Å². The van der Waals surface area contributed by atoms with Crippen LogP contribution in [-0.2, 0) is 31.3 Å². The molecule has 3 nitrogen and oxygen atoms in total. The molecule has 303 valence electrons. The number of ketones is 1. The number of aliphatic hydroxyl groups is 1. The van der Waals surface area contributed by atoms with Crippen molar-refractivity contribution in [3.63, 3.8) is 0 Å². The van der Waals surface area contributed by atoms with E-state index >= 15 is 0 Å². The van der Waals surface area contributed by atoms with E-state index in [9.17, 15) is 23.1 Å². The van der Waals surface area contributed by atoms with Crippen molar-refractivity contribution in [2.45, 2.75) is 113 Å². The van der Waals surface area contributed by atoms with Crippen molar-refractivity contribution in [3.05, 3.63) is 113 Å². The number of carbonyl (C=O) groups is 1. The Morgan fingerprint density at radius 2 is 1.41 bits per heavy atom. The Hall–Kier alpha value is -3.58. The molecule has 5 rings (SSSR count). The molecule has 0 aliphatic rings. The number of pyridine rings is 1. The average molecular weight is 962 g/mol. The maximum absolute atomic E-state index is 13.3. The predicted octanol–water partition coefficient (Wildman–Crippen LogP) is 14.8. The molecule has 1 radical (unpaired) electrons. The standard InChI is InChI=1S/C35H33F3NS.C13H24O2.Ir/c1-21(2)30-29-15-16-39-31(28-18-22(3)17-23(4)19-28)33(29)40-32(30)27-13-11-26(12-14-27)25-9-7-24(8-10-25)20-34(5,6)35(36,37)38;1-5-10(6-2)12(14)9-13(15)11(7-3)8-4;/h7-18,21H,20H2,1-6H3;9-11,14H,5-8H2,1-4H3;/q-1;;/b;12-9-;/i16D;;. The molecule has 0 atom stereocenters. The van der Waals surface area contributed by atoms with E-state index in [1.54, 1.807) is 23.5 Å². The van der Waals surface area contributed by atoms with E-state index in [2.05, 4.69) is 68.2 Å². The van der Waals surface area contributed by atoms with Gasteiger partial charge in [0.05, 0.1) is 12.5 Å². The normalized spacial score (nSPS) is 12.5. The quantitative estimate of drug-likeness (QED) is 0.0727. The zero-order valence-electron chi connectivity index (χ0n) is 35.4. The van der Waals surface area contributed by atoms with Crippen molar-refractivity contribution >= 4 is 27.2 Å². The van der Waals surface area contributed by atoms with Crippen LogP contribution >= 0.6 is 11.3 Å². The molecular formula is C48H57F3IrNO2S-. The number of hydrogen-bond donors (Lipinski definition) is 1. The van der Waals surface area contributed by atoms with Crippen molar-refractivity contribution in [2.24, 2.45) is 17.3 Å². The van der Waals surface area contributed by atoms with Gasteiger partial charge in [-0.05, 0) is 77.3 Å². The van der Waals surface area contributed by atoms with Crippen LogP contribution < -0.4 is 0 Å². The zero-order chi connectivity index (χ0) is 41.5. The maximum Gasteiger partial charge on any atom is 0.394 e. The minimum Gasteiger partial charge on any atom is -0.512 e. The van der Waals surface area contributed by atoms with E-state index < -0.39 is 11.6 Å². The topological polar surface area (TPSA) is 50.2 Å². The minimum absolute atomic E-state index is 0. The molecular weight excluding hydrogens is 904 g/mol. The Balaban J connectivity index is 0.000000464. The van der Waals surface area contributed by atoms with E-state index in [0.717, 1.165) is 79.7 Å². The molecule has 3 aromatic carbocycles. The fourth-order valence-electron chi connectivity index (χ4n) is 7.00. The Morgan fingerprint density at radius 3 is 1.91 bits per heavy atom. The van der Waals surface area contributed by atoms with Crippen LogP contribution in [0.2, 0.25) is 0 Å². The Bertz CT molecular complexity index is 2110. The van der Waals surface area contributed by atoms with Gasteiger partial charge in [-0.25, -0.2) is 0 Å². The van der Waals surface area contributed by atoms with E-state index in [-0.39, 0.29) is 62.0 Å². The second-order valence-electron chi connectivity index (χ2n) is 15.6. The molecule has 0 aliphatic carbocycles. The minimum atomic E-state index is -4.25. The van der Waals surface area contributed by atoms with E-state index in [1.165, 1.54) is 25.5 Å². The summed E-state index contributed by atoms with van der Waals surface area (Å²) in [6.07, 6.45) is 0.836. The summed E-state index contributed by atoms with van der Waals surface area (Å²) in [6, 6.07) is 25.2. The molecule has 0 bridgehead atoms. The Labute approximate surface area is 351 Å². The SMILES string of the molecule is CCC(CC)C(=O)/C=C(\O)C(CC)CC.[2H]c1cc2c(C(C)C)c(-c3ccc(-c4ccc(CC(C)(C)C(F)(F)F)cc4)cc3)sc2c(-c2[c-]c(C)cc(C)c2)n1.[Ir]. The van der Waals surface area contributed by atoms with Crippen LogP contribution in [0.15, 0.2) is 84.7 Å². The summed E-state index contributed by atoms with van der Waals surface area (Å²) in [5, 5.41) is 10.8.